The number of aromatic nitrogens is 1. The summed E-state index contributed by atoms with van der Waals surface area (Å²) in [5.74, 6) is -0.850. The van der Waals surface area contributed by atoms with Gasteiger partial charge in [0.05, 0.1) is 29.7 Å². The first-order chi connectivity index (χ1) is 9.69. The van der Waals surface area contributed by atoms with E-state index < -0.39 is 11.9 Å². The van der Waals surface area contributed by atoms with E-state index in [1.807, 2.05) is 24.3 Å². The van der Waals surface area contributed by atoms with Crippen LogP contribution in [0.25, 0.3) is 10.2 Å². The normalized spacial score (nSPS) is 9.95. The Morgan fingerprint density at radius 2 is 2.00 bits per heavy atom. The van der Waals surface area contributed by atoms with Gasteiger partial charge < -0.3 is 11.8 Å². The maximum Gasteiger partial charge on any atom is 2.00 e. The quantitative estimate of drug-likeness (QED) is 0.452. The van der Waals surface area contributed by atoms with Crippen LogP contribution < -0.4 is 0 Å². The topological polar surface area (TPSA) is 65.5 Å². The molecule has 1 heterocycles. The molecule has 0 spiro atoms. The number of carbonyl (C=O) groups excluding carboxylic acids is 2. The molecule has 0 aliphatic heterocycles. The number of fused-ring (bicyclic) bond motifs is 1. The summed E-state index contributed by atoms with van der Waals surface area (Å²) in [6.07, 6.45) is 0.0454. The molecule has 0 aliphatic rings. The number of esters is 1. The molecular weight excluding hydrogens is 338 g/mol. The van der Waals surface area contributed by atoms with Crippen molar-refractivity contribution in [2.75, 3.05) is 6.61 Å². The summed E-state index contributed by atoms with van der Waals surface area (Å²) in [6.45, 7) is 2.04. The molecule has 0 aliphatic carbocycles. The molecule has 110 valence electrons. The first-order valence-electron chi connectivity index (χ1n) is 6.07. The Morgan fingerprint density at radius 3 is 2.71 bits per heavy atom. The van der Waals surface area contributed by atoms with Crippen molar-refractivity contribution in [3.05, 3.63) is 24.3 Å². The minimum Gasteiger partial charge on any atom is -1.00 e. The molecule has 0 amide bonds. The molecule has 2 rings (SSSR count). The van der Waals surface area contributed by atoms with Crippen LogP contribution in [0.4, 0.5) is 0 Å². The molecule has 1 aromatic carbocycles. The van der Waals surface area contributed by atoms with Gasteiger partial charge in [0.1, 0.15) is 12.0 Å². The third-order valence-corrected chi connectivity index (χ3v) is 4.11. The largest absolute Gasteiger partial charge is 2.00 e. The van der Waals surface area contributed by atoms with Crippen LogP contribution in [0.3, 0.4) is 0 Å². The molecule has 0 unspecified atom stereocenters. The number of para-hydroxylation sites is 1. The van der Waals surface area contributed by atoms with Crippen molar-refractivity contribution in [2.45, 2.75) is 24.1 Å². The molecule has 0 saturated carbocycles. The average molecular weight is 353 g/mol. The summed E-state index contributed by atoms with van der Waals surface area (Å²) in [5.41, 5.74) is 0.877. The Balaban J connectivity index is 0. The van der Waals surface area contributed by atoms with Crippen molar-refractivity contribution < 1.29 is 21.4 Å². The molecule has 8 heteroatoms. The second-order valence-electron chi connectivity index (χ2n) is 3.79. The summed E-state index contributed by atoms with van der Waals surface area (Å²) < 4.78 is 11.4. The second kappa shape index (κ2) is 9.63. The summed E-state index contributed by atoms with van der Waals surface area (Å²) >= 11 is 2.38. The Morgan fingerprint density at radius 1 is 1.29 bits per heavy atom. The fraction of sp³-hybridized carbons (Fsp3) is 0.308. The zero-order valence-electron chi connectivity index (χ0n) is 13.5. The smallest absolute Gasteiger partial charge is 1.00 e. The molecular formula is C13H15CaNO4S2. The first kappa shape index (κ1) is 18.7. The Bertz CT molecular complexity index is 594. The van der Waals surface area contributed by atoms with Crippen LogP contribution in [0.15, 0.2) is 28.6 Å². The van der Waals surface area contributed by atoms with E-state index in [-0.39, 0.29) is 53.4 Å². The Hall–Kier alpha value is -0.340. The standard InChI is InChI=1S/C13H13NO4S2.Ca.2H/c1-2-17-11(15)7-8-12(16)18-20-13-14-9-5-3-4-6-10(9)19-13;;;/h3-6H,2,7-8H2,1H3;;;/q;+2;2*-1. The number of carbonyl (C=O) groups is 2. The van der Waals surface area contributed by atoms with Crippen molar-refractivity contribution in [1.82, 2.24) is 4.98 Å². The minimum absolute atomic E-state index is 0. The third kappa shape index (κ3) is 6.12. The summed E-state index contributed by atoms with van der Waals surface area (Å²) in [5, 5.41) is 0. The van der Waals surface area contributed by atoms with Crippen molar-refractivity contribution in [2.24, 2.45) is 0 Å². The van der Waals surface area contributed by atoms with Crippen LogP contribution in [-0.4, -0.2) is 61.3 Å². The number of nitrogens with zero attached hydrogens (tertiary/aromatic N) is 1. The number of hydrogen-bond donors (Lipinski definition) is 0. The van der Waals surface area contributed by atoms with Gasteiger partial charge in [0.15, 0.2) is 4.34 Å². The van der Waals surface area contributed by atoms with Crippen LogP contribution in [0.5, 0.6) is 0 Å². The summed E-state index contributed by atoms with van der Waals surface area (Å²) in [6, 6.07) is 7.69. The van der Waals surface area contributed by atoms with Crippen LogP contribution in [0, 0.1) is 0 Å². The van der Waals surface area contributed by atoms with Crippen LogP contribution in [0.1, 0.15) is 22.6 Å². The van der Waals surface area contributed by atoms with Crippen molar-refractivity contribution >= 4 is 83.3 Å². The SMILES string of the molecule is CCOC(=O)CCC(=O)OSc1nc2ccccc2s1.[Ca+2].[H-].[H-]. The molecule has 1 aromatic heterocycles. The maximum absolute atomic E-state index is 11.5. The van der Waals surface area contributed by atoms with Crippen LogP contribution in [0.2, 0.25) is 0 Å². The predicted molar refractivity (Wildman–Crippen MR) is 85.4 cm³/mol. The van der Waals surface area contributed by atoms with Crippen molar-refractivity contribution in [1.29, 1.82) is 0 Å². The van der Waals surface area contributed by atoms with Crippen molar-refractivity contribution in [3.8, 4) is 0 Å². The van der Waals surface area contributed by atoms with Crippen LogP contribution in [-0.2, 0) is 18.5 Å². The number of hydrogen-bond acceptors (Lipinski definition) is 7. The van der Waals surface area contributed by atoms with Gasteiger partial charge in [-0.1, -0.05) is 12.1 Å². The van der Waals surface area contributed by atoms with Crippen molar-refractivity contribution in [3.63, 3.8) is 0 Å². The molecule has 0 N–H and O–H groups in total. The van der Waals surface area contributed by atoms with E-state index >= 15 is 0 Å². The van der Waals surface area contributed by atoms with E-state index in [9.17, 15) is 9.59 Å². The molecule has 2 aromatic rings. The van der Waals surface area contributed by atoms with Gasteiger partial charge in [0, 0.05) is 0 Å². The van der Waals surface area contributed by atoms with E-state index in [1.165, 1.54) is 11.3 Å². The molecule has 0 fully saturated rings. The molecule has 0 atom stereocenters. The molecule has 0 bridgehead atoms. The molecule has 0 radical (unpaired) electrons. The summed E-state index contributed by atoms with van der Waals surface area (Å²) in [4.78, 5) is 26.9. The molecule has 21 heavy (non-hydrogen) atoms. The van der Waals surface area contributed by atoms with Gasteiger partial charge in [-0.2, -0.15) is 0 Å². The van der Waals surface area contributed by atoms with E-state index in [0.717, 1.165) is 22.3 Å². The molecule has 5 nitrogen and oxygen atoms in total. The van der Waals surface area contributed by atoms with Gasteiger partial charge in [-0.05, 0) is 19.1 Å². The fourth-order valence-corrected chi connectivity index (χ4v) is 3.04. The number of rotatable bonds is 6. The average Bonchev–Trinajstić information content (AvgIpc) is 2.86. The molecule has 0 saturated heterocycles. The monoisotopic (exact) mass is 353 g/mol. The fourth-order valence-electron chi connectivity index (χ4n) is 1.45. The maximum atomic E-state index is 11.5. The predicted octanol–water partition coefficient (Wildman–Crippen LogP) is 3.03. The second-order valence-corrected chi connectivity index (χ2v) is 5.80. The minimum atomic E-state index is -0.456. The van der Waals surface area contributed by atoms with E-state index in [4.69, 9.17) is 8.92 Å². The Kier molecular flexibility index (Phi) is 8.58. The van der Waals surface area contributed by atoms with E-state index in [0.29, 0.717) is 10.9 Å². The van der Waals surface area contributed by atoms with Gasteiger partial charge in [-0.3, -0.25) is 9.59 Å². The zero-order valence-corrected chi connectivity index (χ0v) is 15.4. The number of benzene rings is 1. The van der Waals surface area contributed by atoms with Gasteiger partial charge in [-0.25, -0.2) is 4.98 Å². The van der Waals surface area contributed by atoms with Gasteiger partial charge in [0.25, 0.3) is 0 Å². The Labute approximate surface area is 163 Å². The number of ether oxygens (including phenoxy) is 1. The third-order valence-electron chi connectivity index (χ3n) is 2.32. The van der Waals surface area contributed by atoms with Crippen LogP contribution >= 0.6 is 23.4 Å². The van der Waals surface area contributed by atoms with Gasteiger partial charge in [0.2, 0.25) is 0 Å². The number of thiazole rings is 1. The van der Waals surface area contributed by atoms with Gasteiger partial charge >= 0.3 is 49.7 Å². The first-order valence-corrected chi connectivity index (χ1v) is 7.63. The summed E-state index contributed by atoms with van der Waals surface area (Å²) in [7, 11) is 0. The van der Waals surface area contributed by atoms with E-state index in [2.05, 4.69) is 4.98 Å². The zero-order chi connectivity index (χ0) is 14.4. The van der Waals surface area contributed by atoms with E-state index in [1.54, 1.807) is 6.92 Å². The van der Waals surface area contributed by atoms with Gasteiger partial charge in [-0.15, -0.1) is 11.3 Å².